The number of benzene rings is 2. The average molecular weight is 335 g/mol. The van der Waals surface area contributed by atoms with E-state index in [-0.39, 0.29) is 5.82 Å². The fraction of sp³-hybridized carbons (Fsp3) is 0.273. The summed E-state index contributed by atoms with van der Waals surface area (Å²) < 4.78 is 18.9. The maximum Gasteiger partial charge on any atom is 0.138 e. The second-order valence-corrected chi connectivity index (χ2v) is 6.36. The molecule has 0 saturated heterocycles. The molecule has 0 unspecified atom stereocenters. The third-order valence-electron chi connectivity index (χ3n) is 4.58. The van der Waals surface area contributed by atoms with Gasteiger partial charge in [-0.25, -0.2) is 4.39 Å². The summed E-state index contributed by atoms with van der Waals surface area (Å²) in [7, 11) is 1.77. The zero-order chi connectivity index (χ0) is 17.6. The lowest BCUT2D eigenvalue weighted by Gasteiger charge is -2.34. The molecule has 0 spiro atoms. The van der Waals surface area contributed by atoms with Gasteiger partial charge in [0.25, 0.3) is 0 Å². The Balaban J connectivity index is 1.55. The Kier molecular flexibility index (Phi) is 5.53. The van der Waals surface area contributed by atoms with Crippen molar-refractivity contribution in [2.75, 3.05) is 13.7 Å². The molecule has 3 rings (SSSR count). The van der Waals surface area contributed by atoms with Gasteiger partial charge in [-0.15, -0.1) is 0 Å². The lowest BCUT2D eigenvalue weighted by atomic mass is 9.82. The normalized spacial score (nSPS) is 18.6. The minimum absolute atomic E-state index is 0.295. The Hall–Kier alpha value is -2.57. The monoisotopic (exact) mass is 335 g/mol. The number of nitrogens with one attached hydrogen (secondary N) is 1. The van der Waals surface area contributed by atoms with Gasteiger partial charge in [-0.3, -0.25) is 0 Å². The van der Waals surface area contributed by atoms with Gasteiger partial charge in [0.15, 0.2) is 0 Å². The van der Waals surface area contributed by atoms with Gasteiger partial charge in [-0.2, -0.15) is 0 Å². The van der Waals surface area contributed by atoms with E-state index in [1.807, 2.05) is 24.3 Å². The molecule has 0 bridgehead atoms. The number of halogens is 1. The number of hydrogen-bond donors (Lipinski definition) is 1. The van der Waals surface area contributed by atoms with Crippen LogP contribution in [-0.2, 0) is 4.74 Å². The largest absolute Gasteiger partial charge is 0.385 e. The third-order valence-corrected chi connectivity index (χ3v) is 4.58. The molecule has 128 valence electrons. The minimum atomic E-state index is -0.295. The summed E-state index contributed by atoms with van der Waals surface area (Å²) in [5.41, 5.74) is 3.21. The molecule has 2 nitrogen and oxygen atoms in total. The van der Waals surface area contributed by atoms with Crippen molar-refractivity contribution in [1.82, 2.24) is 5.32 Å². The van der Waals surface area contributed by atoms with Crippen LogP contribution in [0.1, 0.15) is 29.5 Å². The number of hydrogen-bond acceptors (Lipinski definition) is 2. The quantitative estimate of drug-likeness (QED) is 0.827. The summed E-state index contributed by atoms with van der Waals surface area (Å²) in [6.45, 7) is 5.03. The Labute approximate surface area is 148 Å². The van der Waals surface area contributed by atoms with Crippen LogP contribution in [-0.4, -0.2) is 19.8 Å². The predicted molar refractivity (Wildman–Crippen MR) is 99.4 cm³/mol. The molecule has 3 heteroatoms. The van der Waals surface area contributed by atoms with Crippen LogP contribution in [0.4, 0.5) is 4.39 Å². The molecule has 1 saturated carbocycles. The predicted octanol–water partition coefficient (Wildman–Crippen LogP) is 4.21. The Morgan fingerprint density at radius 2 is 1.88 bits per heavy atom. The zero-order valence-corrected chi connectivity index (χ0v) is 14.4. The van der Waals surface area contributed by atoms with Gasteiger partial charge in [0.1, 0.15) is 5.82 Å². The van der Waals surface area contributed by atoms with E-state index >= 15 is 0 Å². The second kappa shape index (κ2) is 8.00. The van der Waals surface area contributed by atoms with Gasteiger partial charge < -0.3 is 10.1 Å². The van der Waals surface area contributed by atoms with Crippen molar-refractivity contribution in [3.8, 4) is 11.8 Å². The summed E-state index contributed by atoms with van der Waals surface area (Å²) in [6.07, 6.45) is 2.65. The third kappa shape index (κ3) is 4.49. The first-order valence-electron chi connectivity index (χ1n) is 8.48. The van der Waals surface area contributed by atoms with Crippen molar-refractivity contribution in [2.24, 2.45) is 5.92 Å². The summed E-state index contributed by atoms with van der Waals surface area (Å²) in [5.74, 6) is 6.23. The van der Waals surface area contributed by atoms with Crippen LogP contribution in [0, 0.1) is 23.6 Å². The lowest BCUT2D eigenvalue weighted by Crippen LogP contribution is -2.36. The molecule has 1 N–H and O–H groups in total. The smallest absolute Gasteiger partial charge is 0.138 e. The molecule has 2 aromatic rings. The van der Waals surface area contributed by atoms with Crippen molar-refractivity contribution in [3.63, 3.8) is 0 Å². The first-order valence-corrected chi connectivity index (χ1v) is 8.48. The number of methoxy groups -OCH3 is 1. The van der Waals surface area contributed by atoms with Crippen molar-refractivity contribution >= 4 is 5.70 Å². The number of ether oxygens (including phenoxy) is 1. The van der Waals surface area contributed by atoms with Crippen LogP contribution in [0.3, 0.4) is 0 Å². The molecule has 1 aliphatic carbocycles. The molecule has 0 aliphatic heterocycles. The fourth-order valence-electron chi connectivity index (χ4n) is 2.86. The summed E-state index contributed by atoms with van der Waals surface area (Å²) in [5, 5.41) is 3.39. The van der Waals surface area contributed by atoms with Gasteiger partial charge in [0, 0.05) is 24.9 Å². The van der Waals surface area contributed by atoms with Crippen molar-refractivity contribution in [2.45, 2.75) is 18.9 Å². The molecule has 0 aromatic heterocycles. The van der Waals surface area contributed by atoms with E-state index in [0.717, 1.165) is 36.2 Å². The molecule has 0 atom stereocenters. The van der Waals surface area contributed by atoms with E-state index in [4.69, 9.17) is 4.74 Å². The Morgan fingerprint density at radius 3 is 2.56 bits per heavy atom. The molecule has 25 heavy (non-hydrogen) atoms. The SMILES string of the molecule is C=C(NC[C@H]1C[C@H](OC)C1)c1ccc(C#Cc2ccccc2F)cc1. The highest BCUT2D eigenvalue weighted by atomic mass is 19.1. The van der Waals surface area contributed by atoms with Crippen molar-refractivity contribution < 1.29 is 9.13 Å². The van der Waals surface area contributed by atoms with E-state index in [9.17, 15) is 4.39 Å². The van der Waals surface area contributed by atoms with Crippen LogP contribution >= 0.6 is 0 Å². The van der Waals surface area contributed by atoms with Crippen LogP contribution < -0.4 is 5.32 Å². The lowest BCUT2D eigenvalue weighted by molar-refractivity contribution is 0.00279. The Morgan fingerprint density at radius 1 is 1.16 bits per heavy atom. The first-order chi connectivity index (χ1) is 12.2. The van der Waals surface area contributed by atoms with Crippen LogP contribution in [0.2, 0.25) is 0 Å². The topological polar surface area (TPSA) is 21.3 Å². The fourth-order valence-corrected chi connectivity index (χ4v) is 2.86. The van der Waals surface area contributed by atoms with E-state index < -0.39 is 0 Å². The highest BCUT2D eigenvalue weighted by molar-refractivity contribution is 5.62. The average Bonchev–Trinajstić information content (AvgIpc) is 2.60. The molecule has 1 aliphatic rings. The molecular weight excluding hydrogens is 313 g/mol. The van der Waals surface area contributed by atoms with Crippen molar-refractivity contribution in [1.29, 1.82) is 0 Å². The molecule has 2 aromatic carbocycles. The van der Waals surface area contributed by atoms with E-state index in [2.05, 4.69) is 23.7 Å². The highest BCUT2D eigenvalue weighted by Crippen LogP contribution is 2.29. The number of rotatable bonds is 5. The molecule has 1 fully saturated rings. The standard InChI is InChI=1S/C22H22FNO/c1-16(24-15-18-13-21(14-18)25-2)19-10-7-17(8-11-19)9-12-20-5-3-4-6-22(20)23/h3-8,10-11,18,21,24H,1,13-15H2,2H3/t18-,21-. The molecule has 0 heterocycles. The molecular formula is C22H22FNO. The van der Waals surface area contributed by atoms with Crippen molar-refractivity contribution in [3.05, 3.63) is 77.6 Å². The van der Waals surface area contributed by atoms with Gasteiger partial charge >= 0.3 is 0 Å². The van der Waals surface area contributed by atoms with Crippen LogP contribution in [0.5, 0.6) is 0 Å². The molecule has 0 amide bonds. The maximum absolute atomic E-state index is 13.6. The first kappa shape index (κ1) is 17.3. The van der Waals surface area contributed by atoms with Crippen LogP contribution in [0.25, 0.3) is 5.70 Å². The van der Waals surface area contributed by atoms with Gasteiger partial charge in [-0.1, -0.05) is 42.7 Å². The summed E-state index contributed by atoms with van der Waals surface area (Å²) in [4.78, 5) is 0. The van der Waals surface area contributed by atoms with E-state index in [1.165, 1.54) is 6.07 Å². The van der Waals surface area contributed by atoms with Gasteiger partial charge in [0.05, 0.1) is 11.7 Å². The summed E-state index contributed by atoms with van der Waals surface area (Å²) in [6, 6.07) is 14.4. The van der Waals surface area contributed by atoms with E-state index in [0.29, 0.717) is 17.6 Å². The van der Waals surface area contributed by atoms with Gasteiger partial charge in [0.2, 0.25) is 0 Å². The zero-order valence-electron chi connectivity index (χ0n) is 14.4. The highest BCUT2D eigenvalue weighted by Gasteiger charge is 2.28. The van der Waals surface area contributed by atoms with Crippen LogP contribution in [0.15, 0.2) is 55.1 Å². The maximum atomic E-state index is 13.6. The summed E-state index contributed by atoms with van der Waals surface area (Å²) >= 11 is 0. The second-order valence-electron chi connectivity index (χ2n) is 6.36. The minimum Gasteiger partial charge on any atom is -0.385 e. The molecule has 0 radical (unpaired) electrons. The van der Waals surface area contributed by atoms with E-state index in [1.54, 1.807) is 25.3 Å². The Bertz CT molecular complexity index is 795. The van der Waals surface area contributed by atoms with Gasteiger partial charge in [-0.05, 0) is 48.6 Å².